The van der Waals surface area contributed by atoms with Gasteiger partial charge in [-0.15, -0.1) is 6.58 Å². The second kappa shape index (κ2) is 14.9. The molecule has 0 N–H and O–H groups in total. The molecule has 0 aromatic heterocycles. The van der Waals surface area contributed by atoms with Crippen LogP contribution in [-0.4, -0.2) is 43.0 Å². The van der Waals surface area contributed by atoms with Crippen molar-refractivity contribution >= 4 is 31.9 Å². The molecule has 3 nitrogen and oxygen atoms in total. The third kappa shape index (κ3) is 210. The standard InChI is InChI=1S/C4H8O3S.3BF4.Li.H/c1-3-4-8(5,6)7-2;3*2-1(3,4)5;;/h3H,1,4H2,2H3;;;;;/q;3*-1;+1;-1. The molecule has 20 heteroatoms. The Hall–Kier alpha value is -0.398. The van der Waals surface area contributed by atoms with E-state index in [-0.39, 0.29) is 26.0 Å². The molecular weight excluding hydrogens is 395 g/mol. The average molecular weight is 405 g/mol. The maximum atomic E-state index is 10.3. The topological polar surface area (TPSA) is 43.4 Å². The van der Waals surface area contributed by atoms with Crippen LogP contribution in [0.4, 0.5) is 51.8 Å². The van der Waals surface area contributed by atoms with Crippen LogP contribution in [0.3, 0.4) is 0 Å². The van der Waals surface area contributed by atoms with Crippen LogP contribution in [0, 0.1) is 0 Å². The van der Waals surface area contributed by atoms with Crippen molar-refractivity contribution in [1.29, 1.82) is 0 Å². The third-order valence-corrected chi connectivity index (χ3v) is 1.73. The van der Waals surface area contributed by atoms with Gasteiger partial charge in [0.25, 0.3) is 10.1 Å². The normalized spacial score (nSPS) is 11.2. The zero-order chi connectivity index (χ0) is 20.1. The molecule has 0 aromatic carbocycles. The molecule has 0 aromatic rings. The molecule has 0 atom stereocenters. The van der Waals surface area contributed by atoms with Gasteiger partial charge in [-0.3, -0.25) is 4.18 Å². The first-order valence-electron chi connectivity index (χ1n) is 4.63. The Morgan fingerprint density at radius 2 is 1.00 bits per heavy atom. The van der Waals surface area contributed by atoms with Crippen LogP contribution < -0.4 is 18.9 Å². The van der Waals surface area contributed by atoms with Crippen molar-refractivity contribution in [3.05, 3.63) is 12.7 Å². The molecule has 0 fully saturated rings. The molecule has 24 heavy (non-hydrogen) atoms. The molecule has 0 radical (unpaired) electrons. The Kier molecular flexibility index (Phi) is 21.6. The van der Waals surface area contributed by atoms with Crippen LogP contribution in [0.2, 0.25) is 0 Å². The maximum Gasteiger partial charge on any atom is 1.00 e. The van der Waals surface area contributed by atoms with Crippen LogP contribution >= 0.6 is 0 Å². The van der Waals surface area contributed by atoms with Crippen molar-refractivity contribution in [3.8, 4) is 0 Å². The largest absolute Gasteiger partial charge is 1.00 e. The summed E-state index contributed by atoms with van der Waals surface area (Å²) in [4.78, 5) is 0. The molecule has 0 saturated carbocycles. The van der Waals surface area contributed by atoms with Crippen LogP contribution in [0.15, 0.2) is 12.7 Å². The SMILES string of the molecule is C=CCS(=O)(=O)OC.F[B-](F)(F)F.F[B-](F)(F)F.F[B-](F)(F)F.[H-].[Li+]. The van der Waals surface area contributed by atoms with Gasteiger partial charge in [0.15, 0.2) is 0 Å². The maximum absolute atomic E-state index is 10.3. The van der Waals surface area contributed by atoms with Crippen molar-refractivity contribution in [2.24, 2.45) is 0 Å². The minimum atomic E-state index is -6.00. The zero-order valence-corrected chi connectivity index (χ0v) is 12.7. The smallest absolute Gasteiger partial charge is 1.00 e. The Balaban J connectivity index is -0.0000000481. The van der Waals surface area contributed by atoms with Crippen molar-refractivity contribution < 1.29 is 84.7 Å². The minimum Gasteiger partial charge on any atom is -1.00 e. The van der Waals surface area contributed by atoms with E-state index in [1.807, 2.05) is 0 Å². The average Bonchev–Trinajstić information content (AvgIpc) is 2.09. The molecule has 0 unspecified atom stereocenters. The van der Waals surface area contributed by atoms with Gasteiger partial charge in [-0.05, 0) is 0 Å². The Labute approximate surface area is 142 Å². The van der Waals surface area contributed by atoms with E-state index >= 15 is 0 Å². The van der Waals surface area contributed by atoms with Crippen molar-refractivity contribution in [3.63, 3.8) is 0 Å². The van der Waals surface area contributed by atoms with Gasteiger partial charge in [0.1, 0.15) is 0 Å². The quantitative estimate of drug-likeness (QED) is 0.307. The third-order valence-electron chi connectivity index (χ3n) is 0.576. The van der Waals surface area contributed by atoms with E-state index in [2.05, 4.69) is 10.8 Å². The number of halogens is 12. The molecule has 0 aliphatic carbocycles. The minimum absolute atomic E-state index is 0. The fourth-order valence-corrected chi connectivity index (χ4v) is 0.637. The van der Waals surface area contributed by atoms with Gasteiger partial charge in [0.05, 0.1) is 12.9 Å². The second-order valence-corrected chi connectivity index (χ2v) is 4.45. The molecule has 146 valence electrons. The molecule has 0 aliphatic rings. The summed E-state index contributed by atoms with van der Waals surface area (Å²) in [7, 11) is -20.2. The van der Waals surface area contributed by atoms with Gasteiger partial charge in [-0.2, -0.15) is 8.42 Å². The Morgan fingerprint density at radius 3 is 1.04 bits per heavy atom. The van der Waals surface area contributed by atoms with E-state index in [4.69, 9.17) is 0 Å². The van der Waals surface area contributed by atoms with Gasteiger partial charge in [0, 0.05) is 0 Å². The van der Waals surface area contributed by atoms with Gasteiger partial charge >= 0.3 is 40.6 Å². The fourth-order valence-electron chi connectivity index (χ4n) is 0.212. The molecule has 0 aliphatic heterocycles. The van der Waals surface area contributed by atoms with Crippen LogP contribution in [0.5, 0.6) is 0 Å². The zero-order valence-electron chi connectivity index (χ0n) is 12.9. The molecular formula is C4H9B3F12LiO3S-3. The van der Waals surface area contributed by atoms with E-state index in [9.17, 15) is 60.2 Å². The molecule has 0 rings (SSSR count). The van der Waals surface area contributed by atoms with Crippen LogP contribution in [0.1, 0.15) is 1.43 Å². The first-order valence-corrected chi connectivity index (χ1v) is 6.21. The molecule has 0 heterocycles. The van der Waals surface area contributed by atoms with Gasteiger partial charge in [-0.1, -0.05) is 6.08 Å². The summed E-state index contributed by atoms with van der Waals surface area (Å²) in [5.74, 6) is -0.122. The number of rotatable bonds is 3. The summed E-state index contributed by atoms with van der Waals surface area (Å²) in [5, 5.41) is 0. The summed E-state index contributed by atoms with van der Waals surface area (Å²) in [6.45, 7) is 3.23. The molecule has 0 saturated heterocycles. The predicted molar refractivity (Wildman–Crippen MR) is 62.7 cm³/mol. The van der Waals surface area contributed by atoms with Crippen molar-refractivity contribution in [2.75, 3.05) is 12.9 Å². The summed E-state index contributed by atoms with van der Waals surface area (Å²) >= 11 is 0. The Bertz CT molecular complexity index is 351. The van der Waals surface area contributed by atoms with E-state index in [0.29, 0.717) is 0 Å². The van der Waals surface area contributed by atoms with Gasteiger partial charge < -0.3 is 53.2 Å². The summed E-state index contributed by atoms with van der Waals surface area (Å²) in [6.07, 6.45) is 1.28. The Morgan fingerprint density at radius 1 is 0.833 bits per heavy atom. The van der Waals surface area contributed by atoms with Crippen LogP contribution in [-0.2, 0) is 14.3 Å². The van der Waals surface area contributed by atoms with E-state index < -0.39 is 31.9 Å². The summed E-state index contributed by atoms with van der Waals surface area (Å²) < 4.78 is 142. The summed E-state index contributed by atoms with van der Waals surface area (Å²) in [6, 6.07) is 0. The van der Waals surface area contributed by atoms with Gasteiger partial charge in [-0.25, -0.2) is 0 Å². The second-order valence-electron chi connectivity index (χ2n) is 2.66. The van der Waals surface area contributed by atoms with E-state index in [1.165, 1.54) is 6.08 Å². The fraction of sp³-hybridized carbons (Fsp3) is 0.500. The molecule has 0 spiro atoms. The predicted octanol–water partition coefficient (Wildman–Crippen LogP) is 1.17. The first-order chi connectivity index (χ1) is 9.62. The van der Waals surface area contributed by atoms with Gasteiger partial charge in [0.2, 0.25) is 0 Å². The molecule has 0 bridgehead atoms. The van der Waals surface area contributed by atoms with E-state index in [0.717, 1.165) is 7.11 Å². The summed E-state index contributed by atoms with van der Waals surface area (Å²) in [5.41, 5.74) is 0. The number of hydrogen-bond acceptors (Lipinski definition) is 3. The van der Waals surface area contributed by atoms with Crippen LogP contribution in [0.25, 0.3) is 0 Å². The first kappa shape index (κ1) is 34.8. The monoisotopic (exact) mass is 405 g/mol. The van der Waals surface area contributed by atoms with E-state index in [1.54, 1.807) is 0 Å². The van der Waals surface area contributed by atoms with Crippen molar-refractivity contribution in [2.45, 2.75) is 0 Å². The molecule has 0 amide bonds. The van der Waals surface area contributed by atoms with Crippen molar-refractivity contribution in [1.82, 2.24) is 0 Å². The number of hydrogen-bond donors (Lipinski definition) is 0.